The Morgan fingerprint density at radius 3 is 2.57 bits per heavy atom. The SMILES string of the molecule is CCOC(=O)c1cnc(-c2ccc(Cl)cc2)nc1Nc1cnc2c(c1)c(C)nn2-c1ccccc1. The molecule has 2 aromatic carbocycles. The molecule has 0 spiro atoms. The minimum Gasteiger partial charge on any atom is -0.462 e. The Kier molecular flexibility index (Phi) is 6.12. The van der Waals surface area contributed by atoms with Crippen LogP contribution in [0.5, 0.6) is 0 Å². The molecule has 0 aliphatic carbocycles. The first kappa shape index (κ1) is 22.5. The minimum atomic E-state index is -0.514. The van der Waals surface area contributed by atoms with E-state index in [1.54, 1.807) is 25.3 Å². The molecule has 9 heteroatoms. The number of hydrogen-bond acceptors (Lipinski definition) is 7. The van der Waals surface area contributed by atoms with E-state index in [2.05, 4.69) is 25.4 Å². The van der Waals surface area contributed by atoms with Crippen molar-refractivity contribution < 1.29 is 9.53 Å². The highest BCUT2D eigenvalue weighted by Gasteiger charge is 2.18. The Morgan fingerprint density at radius 1 is 1.06 bits per heavy atom. The Labute approximate surface area is 206 Å². The number of nitrogens with one attached hydrogen (secondary N) is 1. The van der Waals surface area contributed by atoms with Gasteiger partial charge in [0.1, 0.15) is 11.4 Å². The average Bonchev–Trinajstić information content (AvgIpc) is 3.21. The van der Waals surface area contributed by atoms with Crippen LogP contribution in [-0.2, 0) is 4.74 Å². The van der Waals surface area contributed by atoms with Gasteiger partial charge in [-0.05, 0) is 56.3 Å². The number of nitrogens with zero attached hydrogens (tertiary/aromatic N) is 5. The van der Waals surface area contributed by atoms with Gasteiger partial charge < -0.3 is 10.1 Å². The van der Waals surface area contributed by atoms with Crippen molar-refractivity contribution in [2.75, 3.05) is 11.9 Å². The van der Waals surface area contributed by atoms with E-state index in [1.165, 1.54) is 6.20 Å². The molecule has 0 aliphatic rings. The highest BCUT2D eigenvalue weighted by molar-refractivity contribution is 6.30. The van der Waals surface area contributed by atoms with Crippen LogP contribution >= 0.6 is 11.6 Å². The van der Waals surface area contributed by atoms with Crippen molar-refractivity contribution in [2.45, 2.75) is 13.8 Å². The van der Waals surface area contributed by atoms with Crippen LogP contribution in [0.15, 0.2) is 73.1 Å². The van der Waals surface area contributed by atoms with E-state index in [0.29, 0.717) is 22.4 Å². The first-order valence-electron chi connectivity index (χ1n) is 11.0. The Balaban J connectivity index is 1.55. The number of ether oxygens (including phenoxy) is 1. The molecule has 0 unspecified atom stereocenters. The number of aryl methyl sites for hydroxylation is 1. The molecule has 8 nitrogen and oxygen atoms in total. The Bertz CT molecular complexity index is 1520. The number of halogens is 1. The van der Waals surface area contributed by atoms with E-state index >= 15 is 0 Å². The second-order valence-corrected chi connectivity index (χ2v) is 8.17. The van der Waals surface area contributed by atoms with Crippen molar-refractivity contribution in [3.05, 3.63) is 89.3 Å². The largest absolute Gasteiger partial charge is 0.462 e. The van der Waals surface area contributed by atoms with Gasteiger partial charge in [-0.15, -0.1) is 0 Å². The molecule has 0 atom stereocenters. The Morgan fingerprint density at radius 2 is 1.83 bits per heavy atom. The molecule has 5 aromatic rings. The van der Waals surface area contributed by atoms with E-state index in [0.717, 1.165) is 28.0 Å². The van der Waals surface area contributed by atoms with E-state index < -0.39 is 5.97 Å². The van der Waals surface area contributed by atoms with Crippen molar-refractivity contribution in [3.8, 4) is 17.1 Å². The minimum absolute atomic E-state index is 0.223. The number of benzene rings is 2. The van der Waals surface area contributed by atoms with Crippen LogP contribution < -0.4 is 5.32 Å². The number of para-hydroxylation sites is 1. The number of carbonyl (C=O) groups excluding carboxylic acids is 1. The predicted molar refractivity (Wildman–Crippen MR) is 135 cm³/mol. The molecule has 35 heavy (non-hydrogen) atoms. The van der Waals surface area contributed by atoms with Gasteiger partial charge in [0.15, 0.2) is 11.5 Å². The maximum absolute atomic E-state index is 12.6. The van der Waals surface area contributed by atoms with Gasteiger partial charge in [-0.1, -0.05) is 29.8 Å². The highest BCUT2D eigenvalue weighted by Crippen LogP contribution is 2.27. The monoisotopic (exact) mass is 484 g/mol. The summed E-state index contributed by atoms with van der Waals surface area (Å²) in [6.45, 7) is 3.92. The number of hydrogen-bond donors (Lipinski definition) is 1. The zero-order valence-corrected chi connectivity index (χ0v) is 19.8. The van der Waals surface area contributed by atoms with Gasteiger partial charge in [0.05, 0.1) is 29.9 Å². The first-order valence-corrected chi connectivity index (χ1v) is 11.4. The molecular formula is C26H21ClN6O2. The molecule has 3 aromatic heterocycles. The number of fused-ring (bicyclic) bond motifs is 1. The summed E-state index contributed by atoms with van der Waals surface area (Å²) in [6.07, 6.45) is 3.14. The number of pyridine rings is 1. The maximum Gasteiger partial charge on any atom is 0.343 e. The molecule has 0 saturated carbocycles. The van der Waals surface area contributed by atoms with Crippen LogP contribution in [0.1, 0.15) is 23.0 Å². The van der Waals surface area contributed by atoms with Crippen LogP contribution in [0.4, 0.5) is 11.5 Å². The lowest BCUT2D eigenvalue weighted by Gasteiger charge is -2.12. The van der Waals surface area contributed by atoms with Crippen LogP contribution in [0.25, 0.3) is 28.1 Å². The summed E-state index contributed by atoms with van der Waals surface area (Å²) in [5.74, 6) is 0.247. The van der Waals surface area contributed by atoms with Crippen LogP contribution in [0.3, 0.4) is 0 Å². The standard InChI is InChI=1S/C26H21ClN6O2/c1-3-35-26(34)22-15-28-23(17-9-11-18(27)12-10-17)31-24(22)30-19-13-21-16(2)32-33(25(21)29-14-19)20-7-5-4-6-8-20/h4-15H,3H2,1-2H3,(H,28,30,31). The summed E-state index contributed by atoms with van der Waals surface area (Å²) in [4.78, 5) is 26.2. The van der Waals surface area contributed by atoms with Crippen molar-refractivity contribution in [2.24, 2.45) is 0 Å². The second kappa shape index (κ2) is 9.52. The smallest absolute Gasteiger partial charge is 0.343 e. The molecule has 3 heterocycles. The van der Waals surface area contributed by atoms with Crippen molar-refractivity contribution in [3.63, 3.8) is 0 Å². The lowest BCUT2D eigenvalue weighted by molar-refractivity contribution is 0.0526. The van der Waals surface area contributed by atoms with Crippen molar-refractivity contribution >= 4 is 40.1 Å². The lowest BCUT2D eigenvalue weighted by Crippen LogP contribution is -2.11. The zero-order chi connectivity index (χ0) is 24.4. The summed E-state index contributed by atoms with van der Waals surface area (Å²) in [5.41, 5.74) is 4.12. The van der Waals surface area contributed by atoms with Crippen LogP contribution in [-0.4, -0.2) is 37.3 Å². The molecule has 0 saturated heterocycles. The third-order valence-electron chi connectivity index (χ3n) is 5.36. The van der Waals surface area contributed by atoms with Crippen molar-refractivity contribution in [1.29, 1.82) is 0 Å². The summed E-state index contributed by atoms with van der Waals surface area (Å²) < 4.78 is 7.01. The van der Waals surface area contributed by atoms with E-state index in [-0.39, 0.29) is 12.2 Å². The third kappa shape index (κ3) is 4.56. The van der Waals surface area contributed by atoms with E-state index in [9.17, 15) is 4.79 Å². The van der Waals surface area contributed by atoms with Gasteiger partial charge in [0.2, 0.25) is 0 Å². The molecule has 0 amide bonds. The maximum atomic E-state index is 12.6. The number of aromatic nitrogens is 5. The molecular weight excluding hydrogens is 464 g/mol. The van der Waals surface area contributed by atoms with E-state index in [1.807, 2.05) is 60.1 Å². The predicted octanol–water partition coefficient (Wildman–Crippen LogP) is 5.76. The molecule has 5 rings (SSSR count). The summed E-state index contributed by atoms with van der Waals surface area (Å²) >= 11 is 6.01. The second-order valence-electron chi connectivity index (χ2n) is 7.74. The highest BCUT2D eigenvalue weighted by atomic mass is 35.5. The van der Waals surface area contributed by atoms with Crippen LogP contribution in [0.2, 0.25) is 5.02 Å². The number of rotatable bonds is 6. The third-order valence-corrected chi connectivity index (χ3v) is 5.61. The van der Waals surface area contributed by atoms with E-state index in [4.69, 9.17) is 16.3 Å². The van der Waals surface area contributed by atoms with Gasteiger partial charge in [-0.2, -0.15) is 5.10 Å². The van der Waals surface area contributed by atoms with Crippen LogP contribution in [0, 0.1) is 6.92 Å². The number of carbonyl (C=O) groups is 1. The topological polar surface area (TPSA) is 94.8 Å². The molecule has 0 radical (unpaired) electrons. The van der Waals surface area contributed by atoms with Gasteiger partial charge >= 0.3 is 5.97 Å². The van der Waals surface area contributed by atoms with Crippen molar-refractivity contribution in [1.82, 2.24) is 24.7 Å². The van der Waals surface area contributed by atoms with Gasteiger partial charge in [-0.25, -0.2) is 24.4 Å². The average molecular weight is 485 g/mol. The molecule has 174 valence electrons. The van der Waals surface area contributed by atoms with Gasteiger partial charge in [-0.3, -0.25) is 0 Å². The molecule has 0 aliphatic heterocycles. The van der Waals surface area contributed by atoms with Gasteiger partial charge in [0.25, 0.3) is 0 Å². The zero-order valence-electron chi connectivity index (χ0n) is 19.1. The Hall–Kier alpha value is -4.30. The number of anilines is 2. The quantitative estimate of drug-likeness (QED) is 0.306. The first-order chi connectivity index (χ1) is 17.0. The lowest BCUT2D eigenvalue weighted by atomic mass is 10.2. The normalized spacial score (nSPS) is 10.9. The fourth-order valence-electron chi connectivity index (χ4n) is 3.67. The fourth-order valence-corrected chi connectivity index (χ4v) is 3.80. The molecule has 1 N–H and O–H groups in total. The summed E-state index contributed by atoms with van der Waals surface area (Å²) in [5, 5.41) is 9.37. The summed E-state index contributed by atoms with van der Waals surface area (Å²) in [7, 11) is 0. The molecule has 0 fully saturated rings. The fraction of sp³-hybridized carbons (Fsp3) is 0.115. The summed E-state index contributed by atoms with van der Waals surface area (Å²) in [6, 6.07) is 18.9. The number of esters is 1. The van der Waals surface area contributed by atoms with Gasteiger partial charge in [0, 0.05) is 22.2 Å². The molecule has 0 bridgehead atoms.